The van der Waals surface area contributed by atoms with Crippen LogP contribution in [0.2, 0.25) is 0 Å². The number of carbonyl (C=O) groups excluding carboxylic acids is 2. The molecule has 1 aliphatic carbocycles. The summed E-state index contributed by atoms with van der Waals surface area (Å²) < 4.78 is 5.67. The molecule has 4 heteroatoms. The zero-order valence-electron chi connectivity index (χ0n) is 26.3. The lowest BCUT2D eigenvalue weighted by Crippen LogP contribution is -2.42. The van der Waals surface area contributed by atoms with Gasteiger partial charge < -0.3 is 10.1 Å². The van der Waals surface area contributed by atoms with Crippen molar-refractivity contribution in [3.8, 4) is 0 Å². The zero-order valence-corrected chi connectivity index (χ0v) is 26.3. The summed E-state index contributed by atoms with van der Waals surface area (Å²) in [6.07, 6.45) is 30.4. The Kier molecular flexibility index (Phi) is 13.7. The molecule has 0 spiro atoms. The molecule has 2 unspecified atom stereocenters. The third-order valence-corrected chi connectivity index (χ3v) is 7.30. The fourth-order valence-electron chi connectivity index (χ4n) is 4.92. The van der Waals surface area contributed by atoms with Gasteiger partial charge in [0.1, 0.15) is 6.04 Å². The van der Waals surface area contributed by atoms with E-state index in [1.165, 1.54) is 11.1 Å². The number of nitrogens with one attached hydrogen (secondary N) is 1. The maximum Gasteiger partial charge on any atom is 0.323 e. The van der Waals surface area contributed by atoms with Gasteiger partial charge in [0.15, 0.2) is 11.9 Å². The van der Waals surface area contributed by atoms with E-state index in [0.29, 0.717) is 12.0 Å². The molecule has 0 saturated carbocycles. The number of allylic oxidation sites excluding steroid dienone is 19. The largest absolute Gasteiger partial charge is 0.453 e. The van der Waals surface area contributed by atoms with Crippen molar-refractivity contribution in [2.75, 3.05) is 6.54 Å². The summed E-state index contributed by atoms with van der Waals surface area (Å²) in [6.45, 7) is 17.2. The molecule has 0 amide bonds. The molecule has 0 aromatic carbocycles. The normalized spacial score (nSPS) is 23.5. The highest BCUT2D eigenvalue weighted by Gasteiger charge is 2.40. The van der Waals surface area contributed by atoms with Crippen LogP contribution in [0.1, 0.15) is 74.7 Å². The standard InChI is InChI=1S/C37H49NO3/c1-9-15-27(2)18-12-19-28(3)16-10-11-17-29(4)20-13-21-30(5)23-24-32-31(6)35(39)34(26-37(32,7)8)41-36(40)33-22-14-25-38-33/h9-13,15-21,23-24,33-34,38H,14,22,25-26H2,1-8H3. The van der Waals surface area contributed by atoms with Crippen LogP contribution >= 0.6 is 0 Å². The first kappa shape index (κ1) is 33.7. The lowest BCUT2D eigenvalue weighted by Gasteiger charge is -2.36. The molecule has 2 aliphatic rings. The van der Waals surface area contributed by atoms with Gasteiger partial charge >= 0.3 is 5.97 Å². The summed E-state index contributed by atoms with van der Waals surface area (Å²) in [6, 6.07) is -0.291. The minimum atomic E-state index is -0.717. The molecule has 0 aromatic heterocycles. The maximum absolute atomic E-state index is 13.1. The quantitative estimate of drug-likeness (QED) is 0.205. The molecule has 0 radical (unpaired) electrons. The molecular formula is C37H49NO3. The predicted molar refractivity (Wildman–Crippen MR) is 173 cm³/mol. The minimum Gasteiger partial charge on any atom is -0.453 e. The summed E-state index contributed by atoms with van der Waals surface area (Å²) in [4.78, 5) is 25.6. The second kappa shape index (κ2) is 16.7. The molecule has 220 valence electrons. The van der Waals surface area contributed by atoms with E-state index in [1.807, 2.05) is 57.2 Å². The van der Waals surface area contributed by atoms with E-state index >= 15 is 0 Å². The summed E-state index contributed by atoms with van der Waals surface area (Å²) in [5.74, 6) is -0.403. The monoisotopic (exact) mass is 555 g/mol. The van der Waals surface area contributed by atoms with Crippen molar-refractivity contribution >= 4 is 11.8 Å². The Balaban J connectivity index is 1.98. The molecule has 1 fully saturated rings. The van der Waals surface area contributed by atoms with Crippen LogP contribution in [0.15, 0.2) is 119 Å². The molecule has 1 saturated heterocycles. The van der Waals surface area contributed by atoms with Gasteiger partial charge in [-0.25, -0.2) is 0 Å². The van der Waals surface area contributed by atoms with E-state index < -0.39 is 6.10 Å². The average molecular weight is 556 g/mol. The fourth-order valence-corrected chi connectivity index (χ4v) is 4.92. The Morgan fingerprint density at radius 1 is 0.854 bits per heavy atom. The molecular weight excluding hydrogens is 506 g/mol. The van der Waals surface area contributed by atoms with Crippen molar-refractivity contribution in [3.05, 3.63) is 119 Å². The van der Waals surface area contributed by atoms with Gasteiger partial charge in [0, 0.05) is 6.42 Å². The molecule has 1 N–H and O–H groups in total. The highest BCUT2D eigenvalue weighted by molar-refractivity contribution is 6.01. The van der Waals surface area contributed by atoms with Crippen molar-refractivity contribution < 1.29 is 14.3 Å². The summed E-state index contributed by atoms with van der Waals surface area (Å²) in [5.41, 5.74) is 6.02. The Hall–Kier alpha value is -3.50. The van der Waals surface area contributed by atoms with Gasteiger partial charge in [-0.2, -0.15) is 0 Å². The van der Waals surface area contributed by atoms with Crippen LogP contribution in [-0.4, -0.2) is 30.4 Å². The summed E-state index contributed by atoms with van der Waals surface area (Å²) in [5, 5.41) is 3.15. The van der Waals surface area contributed by atoms with E-state index in [0.717, 1.165) is 36.1 Å². The van der Waals surface area contributed by atoms with Crippen LogP contribution in [-0.2, 0) is 14.3 Å². The van der Waals surface area contributed by atoms with Gasteiger partial charge in [-0.3, -0.25) is 9.59 Å². The van der Waals surface area contributed by atoms with E-state index in [9.17, 15) is 9.59 Å². The van der Waals surface area contributed by atoms with Gasteiger partial charge in [0.05, 0.1) is 0 Å². The SMILES string of the molecule is CC=CC(C)=CC=CC(C)=CC=CC=C(C)C=CC=C(C)C=CC1=C(C)C(=O)C(OC(=O)C2CCCN2)CC1(C)C. The van der Waals surface area contributed by atoms with Crippen molar-refractivity contribution in [2.45, 2.75) is 86.8 Å². The number of esters is 1. The molecule has 0 bridgehead atoms. The number of rotatable bonds is 11. The topological polar surface area (TPSA) is 55.4 Å². The number of ether oxygens (including phenoxy) is 1. The predicted octanol–water partition coefficient (Wildman–Crippen LogP) is 8.55. The first-order valence-corrected chi connectivity index (χ1v) is 14.7. The van der Waals surface area contributed by atoms with Crippen molar-refractivity contribution in [3.63, 3.8) is 0 Å². The summed E-state index contributed by atoms with van der Waals surface area (Å²) >= 11 is 0. The van der Waals surface area contributed by atoms with Gasteiger partial charge in [-0.1, -0.05) is 121 Å². The van der Waals surface area contributed by atoms with Crippen LogP contribution in [0, 0.1) is 5.41 Å². The first-order valence-electron chi connectivity index (χ1n) is 14.7. The fraction of sp³-hybridized carbons (Fsp3) is 0.405. The van der Waals surface area contributed by atoms with Gasteiger partial charge in [0.2, 0.25) is 0 Å². The van der Waals surface area contributed by atoms with Gasteiger partial charge in [-0.05, 0) is 77.5 Å². The van der Waals surface area contributed by atoms with Crippen LogP contribution < -0.4 is 5.32 Å². The van der Waals surface area contributed by atoms with E-state index in [2.05, 4.69) is 88.5 Å². The van der Waals surface area contributed by atoms with E-state index in [1.54, 1.807) is 0 Å². The maximum atomic E-state index is 13.1. The van der Waals surface area contributed by atoms with Crippen LogP contribution in [0.3, 0.4) is 0 Å². The number of hydrogen-bond acceptors (Lipinski definition) is 4. The zero-order chi connectivity index (χ0) is 30.4. The highest BCUT2D eigenvalue weighted by atomic mass is 16.5. The van der Waals surface area contributed by atoms with Crippen molar-refractivity contribution in [1.82, 2.24) is 5.32 Å². The lowest BCUT2D eigenvalue weighted by atomic mass is 9.71. The second-order valence-electron chi connectivity index (χ2n) is 11.6. The first-order chi connectivity index (χ1) is 19.4. The van der Waals surface area contributed by atoms with Gasteiger partial charge in [-0.15, -0.1) is 0 Å². The van der Waals surface area contributed by atoms with Crippen molar-refractivity contribution in [2.24, 2.45) is 5.41 Å². The molecule has 0 aromatic rings. The Morgan fingerprint density at radius 2 is 1.39 bits per heavy atom. The average Bonchev–Trinajstić information content (AvgIpc) is 3.45. The van der Waals surface area contributed by atoms with Crippen LogP contribution in [0.25, 0.3) is 0 Å². The third-order valence-electron chi connectivity index (χ3n) is 7.30. The van der Waals surface area contributed by atoms with E-state index in [4.69, 9.17) is 4.74 Å². The molecule has 2 rings (SSSR count). The molecule has 2 atom stereocenters. The Bertz CT molecular complexity index is 1250. The smallest absolute Gasteiger partial charge is 0.323 e. The number of ketones is 1. The van der Waals surface area contributed by atoms with Crippen LogP contribution in [0.4, 0.5) is 0 Å². The highest BCUT2D eigenvalue weighted by Crippen LogP contribution is 2.41. The molecule has 1 heterocycles. The van der Waals surface area contributed by atoms with Gasteiger partial charge in [0.25, 0.3) is 0 Å². The van der Waals surface area contributed by atoms with Crippen LogP contribution in [0.5, 0.6) is 0 Å². The lowest BCUT2D eigenvalue weighted by molar-refractivity contribution is -0.157. The van der Waals surface area contributed by atoms with Crippen molar-refractivity contribution in [1.29, 1.82) is 0 Å². The minimum absolute atomic E-state index is 0.0944. The number of hydrogen-bond donors (Lipinski definition) is 1. The Morgan fingerprint density at radius 3 is 1.93 bits per heavy atom. The molecule has 41 heavy (non-hydrogen) atoms. The second-order valence-corrected chi connectivity index (χ2v) is 11.6. The Labute approximate surface area is 248 Å². The molecule has 1 aliphatic heterocycles. The third kappa shape index (κ3) is 11.5. The van der Waals surface area contributed by atoms with E-state index in [-0.39, 0.29) is 23.2 Å². The molecule has 4 nitrogen and oxygen atoms in total. The number of Topliss-reactive ketones (excluding diaryl/α,β-unsaturated/α-hetero) is 1. The summed E-state index contributed by atoms with van der Waals surface area (Å²) in [7, 11) is 0. The number of carbonyl (C=O) groups is 2.